The Kier molecular flexibility index (Phi) is 35.9. The van der Waals surface area contributed by atoms with E-state index in [0.29, 0.717) is 30.3 Å². The Hall–Kier alpha value is -2.81. The standard InChI is InChI=1S/C46H78NO8P/c1-6-8-10-12-14-16-18-20-22-23-25-27-29-31-33-35-37-39-46(49)55-44(43-54-56(50,51)53-41-40-47(3,4)5)42-52-45(48)38-36-34-32-30-28-26-24-21-19-17-15-13-11-9-7-2/h9,11,15,17,20-22,24-25,27-28,30-31,33,44H,6-8,10,12-14,16,18-19,23,26,29,32,34-43H2,1-5H3/p+1/b11-9-,17-15-,22-20-,24-21-,27-25-,30-28-,33-31-/t44-/m1/s1. The number of hydrogen-bond acceptors (Lipinski definition) is 7. The molecule has 0 aromatic rings. The Morgan fingerprint density at radius 2 is 1.04 bits per heavy atom. The average Bonchev–Trinajstić information content (AvgIpc) is 3.15. The molecule has 320 valence electrons. The number of carbonyl (C=O) groups is 2. The van der Waals surface area contributed by atoms with Crippen LogP contribution in [-0.2, 0) is 32.7 Å². The largest absolute Gasteiger partial charge is 0.472 e. The molecule has 0 saturated carbocycles. The Labute approximate surface area is 341 Å². The molecule has 0 spiro atoms. The van der Waals surface area contributed by atoms with Gasteiger partial charge in [0.15, 0.2) is 6.10 Å². The van der Waals surface area contributed by atoms with E-state index >= 15 is 0 Å². The van der Waals surface area contributed by atoms with Crippen molar-refractivity contribution in [3.63, 3.8) is 0 Å². The van der Waals surface area contributed by atoms with Gasteiger partial charge in [-0.25, -0.2) is 4.57 Å². The van der Waals surface area contributed by atoms with Crippen LogP contribution in [0.3, 0.4) is 0 Å². The smallest absolute Gasteiger partial charge is 0.462 e. The van der Waals surface area contributed by atoms with Crippen LogP contribution in [0.25, 0.3) is 0 Å². The summed E-state index contributed by atoms with van der Waals surface area (Å²) in [7, 11) is 1.41. The topological polar surface area (TPSA) is 108 Å². The van der Waals surface area contributed by atoms with Crippen LogP contribution in [0.15, 0.2) is 85.1 Å². The summed E-state index contributed by atoms with van der Waals surface area (Å²) in [6.45, 7) is 4.16. The van der Waals surface area contributed by atoms with Crippen LogP contribution < -0.4 is 0 Å². The second-order valence-corrected chi connectivity index (χ2v) is 16.4. The zero-order chi connectivity index (χ0) is 41.4. The molecule has 0 aliphatic heterocycles. The maximum absolute atomic E-state index is 12.7. The molecule has 0 rings (SSSR count). The predicted octanol–water partition coefficient (Wildman–Crippen LogP) is 12.0. The van der Waals surface area contributed by atoms with Gasteiger partial charge in [0.1, 0.15) is 19.8 Å². The molecule has 56 heavy (non-hydrogen) atoms. The van der Waals surface area contributed by atoms with E-state index in [9.17, 15) is 19.0 Å². The lowest BCUT2D eigenvalue weighted by atomic mass is 10.1. The fourth-order valence-corrected chi connectivity index (χ4v) is 5.82. The summed E-state index contributed by atoms with van der Waals surface area (Å²) in [5, 5.41) is 0. The van der Waals surface area contributed by atoms with Gasteiger partial charge in [-0.3, -0.25) is 18.6 Å². The van der Waals surface area contributed by atoms with E-state index in [4.69, 9.17) is 18.5 Å². The SMILES string of the molecule is CC/C=C\C/C=C\C/C=C\C/C=C\CCCCC(=O)OC[C@H](COP(=O)(O)OCC[N+](C)(C)C)OC(=O)CCC/C=C\C/C=C\C/C=C\CCCCCCCC. The minimum absolute atomic E-state index is 0.0112. The number of hydrogen-bond donors (Lipinski definition) is 1. The van der Waals surface area contributed by atoms with E-state index in [-0.39, 0.29) is 26.1 Å². The first kappa shape index (κ1) is 53.2. The number of quaternary nitrogens is 1. The summed E-state index contributed by atoms with van der Waals surface area (Å²) in [5.41, 5.74) is 0. The molecular formula is C46H79NO8P+. The van der Waals surface area contributed by atoms with Gasteiger partial charge in [0.2, 0.25) is 0 Å². The van der Waals surface area contributed by atoms with Crippen LogP contribution in [0.5, 0.6) is 0 Å². The lowest BCUT2D eigenvalue weighted by molar-refractivity contribution is -0.870. The summed E-state index contributed by atoms with van der Waals surface area (Å²) >= 11 is 0. The minimum Gasteiger partial charge on any atom is -0.462 e. The zero-order valence-electron chi connectivity index (χ0n) is 35.8. The Bertz CT molecular complexity index is 1230. The van der Waals surface area contributed by atoms with Gasteiger partial charge < -0.3 is 18.9 Å². The lowest BCUT2D eigenvalue weighted by Crippen LogP contribution is -2.37. The van der Waals surface area contributed by atoms with Gasteiger partial charge in [-0.1, -0.05) is 131 Å². The van der Waals surface area contributed by atoms with E-state index in [1.165, 1.54) is 38.5 Å². The predicted molar refractivity (Wildman–Crippen MR) is 233 cm³/mol. The second kappa shape index (κ2) is 37.7. The van der Waals surface area contributed by atoms with Crippen molar-refractivity contribution in [2.24, 2.45) is 0 Å². The van der Waals surface area contributed by atoms with E-state index < -0.39 is 32.5 Å². The summed E-state index contributed by atoms with van der Waals surface area (Å²) in [4.78, 5) is 35.3. The number of allylic oxidation sites excluding steroid dienone is 14. The van der Waals surface area contributed by atoms with E-state index in [0.717, 1.165) is 57.8 Å². The van der Waals surface area contributed by atoms with Crippen molar-refractivity contribution in [2.45, 2.75) is 148 Å². The number of ether oxygens (including phenoxy) is 2. The molecular weight excluding hydrogens is 725 g/mol. The van der Waals surface area contributed by atoms with Gasteiger partial charge in [0.05, 0.1) is 27.7 Å². The van der Waals surface area contributed by atoms with Crippen LogP contribution in [0.1, 0.15) is 142 Å². The molecule has 0 bridgehead atoms. The van der Waals surface area contributed by atoms with E-state index in [2.05, 4.69) is 92.8 Å². The molecule has 0 amide bonds. The molecule has 0 radical (unpaired) electrons. The molecule has 0 aromatic heterocycles. The zero-order valence-corrected chi connectivity index (χ0v) is 36.7. The third-order valence-corrected chi connectivity index (χ3v) is 9.39. The molecule has 0 aliphatic rings. The Balaban J connectivity index is 4.56. The molecule has 0 aliphatic carbocycles. The van der Waals surface area contributed by atoms with Crippen LogP contribution in [0, 0.1) is 0 Å². The molecule has 0 saturated heterocycles. The quantitative estimate of drug-likeness (QED) is 0.0217. The number of likely N-dealkylation sites (N-methyl/N-ethyl adjacent to an activating group) is 1. The van der Waals surface area contributed by atoms with Gasteiger partial charge >= 0.3 is 19.8 Å². The maximum atomic E-state index is 12.7. The molecule has 1 N–H and O–H groups in total. The Morgan fingerprint density at radius 1 is 0.571 bits per heavy atom. The van der Waals surface area contributed by atoms with Crippen molar-refractivity contribution in [3.8, 4) is 0 Å². The summed E-state index contributed by atoms with van der Waals surface area (Å²) in [5.74, 6) is -0.918. The molecule has 10 heteroatoms. The molecule has 0 aromatic carbocycles. The summed E-state index contributed by atoms with van der Waals surface area (Å²) in [6, 6.07) is 0. The van der Waals surface area contributed by atoms with Gasteiger partial charge in [0, 0.05) is 12.8 Å². The summed E-state index contributed by atoms with van der Waals surface area (Å²) in [6.07, 6.45) is 47.9. The third-order valence-electron chi connectivity index (χ3n) is 8.41. The van der Waals surface area contributed by atoms with Crippen molar-refractivity contribution in [3.05, 3.63) is 85.1 Å². The number of carbonyl (C=O) groups excluding carboxylic acids is 2. The van der Waals surface area contributed by atoms with Crippen molar-refractivity contribution in [2.75, 3.05) is 47.5 Å². The number of phosphoric acid groups is 1. The maximum Gasteiger partial charge on any atom is 0.472 e. The first-order chi connectivity index (χ1) is 27.0. The fraction of sp³-hybridized carbons (Fsp3) is 0.652. The monoisotopic (exact) mass is 805 g/mol. The third kappa shape index (κ3) is 40.8. The number of unbranched alkanes of at least 4 members (excludes halogenated alkanes) is 9. The van der Waals surface area contributed by atoms with Gasteiger partial charge in [-0.2, -0.15) is 0 Å². The van der Waals surface area contributed by atoms with Gasteiger partial charge in [-0.15, -0.1) is 0 Å². The van der Waals surface area contributed by atoms with Crippen LogP contribution in [0.2, 0.25) is 0 Å². The average molecular weight is 805 g/mol. The number of rotatable bonds is 37. The second-order valence-electron chi connectivity index (χ2n) is 15.0. The van der Waals surface area contributed by atoms with Crippen LogP contribution in [0.4, 0.5) is 0 Å². The van der Waals surface area contributed by atoms with E-state index in [1.807, 2.05) is 27.2 Å². The first-order valence-electron chi connectivity index (χ1n) is 21.3. The summed E-state index contributed by atoms with van der Waals surface area (Å²) < 4.78 is 34.1. The molecule has 2 atom stereocenters. The fourth-order valence-electron chi connectivity index (χ4n) is 5.08. The van der Waals surface area contributed by atoms with Crippen molar-refractivity contribution in [1.29, 1.82) is 0 Å². The normalized spacial score (nSPS) is 14.5. The van der Waals surface area contributed by atoms with Gasteiger partial charge in [0.25, 0.3) is 0 Å². The molecule has 1 unspecified atom stereocenters. The van der Waals surface area contributed by atoms with Crippen molar-refractivity contribution < 1.29 is 42.1 Å². The minimum atomic E-state index is -4.40. The van der Waals surface area contributed by atoms with Crippen molar-refractivity contribution in [1.82, 2.24) is 0 Å². The molecule has 0 heterocycles. The highest BCUT2D eigenvalue weighted by molar-refractivity contribution is 7.47. The van der Waals surface area contributed by atoms with Crippen molar-refractivity contribution >= 4 is 19.8 Å². The van der Waals surface area contributed by atoms with Crippen LogP contribution >= 0.6 is 7.82 Å². The van der Waals surface area contributed by atoms with Gasteiger partial charge in [-0.05, 0) is 83.5 Å². The highest BCUT2D eigenvalue weighted by Gasteiger charge is 2.27. The number of phosphoric ester groups is 1. The Morgan fingerprint density at radius 3 is 1.57 bits per heavy atom. The first-order valence-corrected chi connectivity index (χ1v) is 22.8. The van der Waals surface area contributed by atoms with Crippen LogP contribution in [-0.4, -0.2) is 74.9 Å². The molecule has 0 fully saturated rings. The lowest BCUT2D eigenvalue weighted by Gasteiger charge is -2.24. The van der Waals surface area contributed by atoms with E-state index in [1.54, 1.807) is 0 Å². The highest BCUT2D eigenvalue weighted by Crippen LogP contribution is 2.43. The number of nitrogens with zero attached hydrogens (tertiary/aromatic N) is 1. The molecule has 9 nitrogen and oxygen atoms in total. The number of esters is 2. The highest BCUT2D eigenvalue weighted by atomic mass is 31.2.